The molecule has 25 heavy (non-hydrogen) atoms. The van der Waals surface area contributed by atoms with Gasteiger partial charge in [-0.1, -0.05) is 62.9 Å². The van der Waals surface area contributed by atoms with Crippen LogP contribution in [0.5, 0.6) is 0 Å². The molecule has 6 heteroatoms. The first-order valence-corrected chi connectivity index (χ1v) is 11.0. The van der Waals surface area contributed by atoms with Crippen LogP contribution in [0.3, 0.4) is 0 Å². The van der Waals surface area contributed by atoms with Crippen LogP contribution in [0.15, 0.2) is 29.2 Å². The highest BCUT2D eigenvalue weighted by Crippen LogP contribution is 2.49. The minimum absolute atomic E-state index is 0.0499. The molecule has 136 valence electrons. The van der Waals surface area contributed by atoms with Gasteiger partial charge in [-0.05, 0) is 30.5 Å². The second-order valence-corrected chi connectivity index (χ2v) is 8.98. The monoisotopic (exact) mass is 378 g/mol. The van der Waals surface area contributed by atoms with Crippen molar-refractivity contribution >= 4 is 41.2 Å². The van der Waals surface area contributed by atoms with Gasteiger partial charge in [0.15, 0.2) is 0 Å². The number of imide groups is 1. The molecule has 1 aromatic rings. The van der Waals surface area contributed by atoms with E-state index in [0.29, 0.717) is 12.8 Å². The second kappa shape index (κ2) is 8.99. The van der Waals surface area contributed by atoms with E-state index in [-0.39, 0.29) is 16.5 Å². The van der Waals surface area contributed by atoms with E-state index in [1.807, 2.05) is 6.07 Å². The molecule has 0 aliphatic carbocycles. The van der Waals surface area contributed by atoms with E-state index in [0.717, 1.165) is 13.0 Å². The lowest BCUT2D eigenvalue weighted by molar-refractivity contribution is -0.131. The number of fused-ring (bicyclic) bond motifs is 1. The fourth-order valence-electron chi connectivity index (χ4n) is 3.21. The second-order valence-electron chi connectivity index (χ2n) is 6.54. The molecule has 2 aliphatic heterocycles. The van der Waals surface area contributed by atoms with Gasteiger partial charge in [-0.2, -0.15) is 0 Å². The largest absolute Gasteiger partial charge is 0.348 e. The summed E-state index contributed by atoms with van der Waals surface area (Å²) in [7, 11) is 0. The third-order valence-corrected chi connectivity index (χ3v) is 7.27. The molecule has 0 aromatic heterocycles. The Hall–Kier alpha value is -1.14. The van der Waals surface area contributed by atoms with Crippen molar-refractivity contribution in [1.29, 1.82) is 0 Å². The summed E-state index contributed by atoms with van der Waals surface area (Å²) in [5, 5.41) is 0. The molecular formula is C19H26N2O2S2. The summed E-state index contributed by atoms with van der Waals surface area (Å²) in [6.07, 6.45) is 8.29. The smallest absolute Gasteiger partial charge is 0.239 e. The number of nitrogens with zero attached hydrogens (tertiary/aromatic N) is 2. The molecule has 1 unspecified atom stereocenters. The van der Waals surface area contributed by atoms with Crippen LogP contribution in [0.1, 0.15) is 58.3 Å². The summed E-state index contributed by atoms with van der Waals surface area (Å²) in [4.78, 5) is 27.5. The Balaban J connectivity index is 1.61. The van der Waals surface area contributed by atoms with E-state index in [9.17, 15) is 9.59 Å². The minimum atomic E-state index is -0.0499. The number of anilines is 1. The molecule has 0 N–H and O–H groups in total. The Bertz CT molecular complexity index is 607. The topological polar surface area (TPSA) is 40.6 Å². The van der Waals surface area contributed by atoms with Crippen LogP contribution < -0.4 is 4.90 Å². The van der Waals surface area contributed by atoms with Crippen molar-refractivity contribution in [3.63, 3.8) is 0 Å². The summed E-state index contributed by atoms with van der Waals surface area (Å²) in [6.45, 7) is 3.21. The van der Waals surface area contributed by atoms with Crippen LogP contribution in [0.4, 0.5) is 5.69 Å². The van der Waals surface area contributed by atoms with Gasteiger partial charge in [0, 0.05) is 24.3 Å². The van der Waals surface area contributed by atoms with Gasteiger partial charge in [-0.15, -0.1) is 0 Å². The lowest BCUT2D eigenvalue weighted by Crippen LogP contribution is -2.33. The lowest BCUT2D eigenvalue weighted by Gasteiger charge is -2.28. The number of para-hydroxylation sites is 1. The lowest BCUT2D eigenvalue weighted by atomic mass is 10.1. The molecule has 1 fully saturated rings. The summed E-state index contributed by atoms with van der Waals surface area (Å²) in [6, 6.07) is 8.39. The molecule has 2 amide bonds. The highest BCUT2D eigenvalue weighted by atomic mass is 32.2. The SMILES string of the molecule is CCCCCCCCN1c2ccccc2SC1SN1C(=O)CCC1=O. The molecule has 2 aliphatic rings. The molecule has 0 spiro atoms. The number of carbonyl (C=O) groups is 2. The van der Waals surface area contributed by atoms with Crippen LogP contribution in [0, 0.1) is 0 Å². The Morgan fingerprint density at radius 1 is 1.04 bits per heavy atom. The fourth-order valence-corrected chi connectivity index (χ4v) is 5.91. The van der Waals surface area contributed by atoms with E-state index < -0.39 is 0 Å². The van der Waals surface area contributed by atoms with Gasteiger partial charge in [-0.25, -0.2) is 4.31 Å². The van der Waals surface area contributed by atoms with Gasteiger partial charge < -0.3 is 4.90 Å². The number of unbranched alkanes of at least 4 members (excludes halogenated alkanes) is 5. The van der Waals surface area contributed by atoms with Gasteiger partial charge in [0.25, 0.3) is 0 Å². The zero-order valence-electron chi connectivity index (χ0n) is 14.8. The summed E-state index contributed by atoms with van der Waals surface area (Å²) >= 11 is 3.14. The van der Waals surface area contributed by atoms with Crippen LogP contribution in [0.25, 0.3) is 0 Å². The normalized spacial score (nSPS) is 19.8. The minimum Gasteiger partial charge on any atom is -0.348 e. The highest BCUT2D eigenvalue weighted by Gasteiger charge is 2.37. The summed E-state index contributed by atoms with van der Waals surface area (Å²) in [5.74, 6) is -0.0999. The van der Waals surface area contributed by atoms with Gasteiger partial charge in [0.2, 0.25) is 11.8 Å². The van der Waals surface area contributed by atoms with Gasteiger partial charge in [-0.3, -0.25) is 9.59 Å². The Morgan fingerprint density at radius 3 is 2.48 bits per heavy atom. The fraction of sp³-hybridized carbons (Fsp3) is 0.579. The van der Waals surface area contributed by atoms with E-state index in [4.69, 9.17) is 0 Å². The van der Waals surface area contributed by atoms with E-state index in [1.54, 1.807) is 11.8 Å². The van der Waals surface area contributed by atoms with Crippen molar-refractivity contribution in [2.75, 3.05) is 11.4 Å². The summed E-state index contributed by atoms with van der Waals surface area (Å²) < 4.78 is 1.46. The van der Waals surface area contributed by atoms with E-state index in [1.165, 1.54) is 58.9 Å². The number of carbonyl (C=O) groups excluding carboxylic acids is 2. The van der Waals surface area contributed by atoms with E-state index >= 15 is 0 Å². The standard InChI is InChI=1S/C19H26N2O2S2/c1-2-3-4-5-6-9-14-20-15-10-7-8-11-16(15)24-19(20)25-21-17(22)12-13-18(21)23/h7-8,10-11,19H,2-6,9,12-14H2,1H3. The molecule has 0 bridgehead atoms. The van der Waals surface area contributed by atoms with Crippen LogP contribution in [-0.2, 0) is 9.59 Å². The first kappa shape index (κ1) is 18.6. The number of benzene rings is 1. The molecule has 3 rings (SSSR count). The van der Waals surface area contributed by atoms with Crippen LogP contribution in [-0.4, -0.2) is 27.4 Å². The third kappa shape index (κ3) is 4.53. The Labute approximate surface area is 158 Å². The highest BCUT2D eigenvalue weighted by molar-refractivity contribution is 8.16. The van der Waals surface area contributed by atoms with Crippen molar-refractivity contribution in [2.24, 2.45) is 0 Å². The molecular weight excluding hydrogens is 352 g/mol. The Kier molecular flexibility index (Phi) is 6.70. The zero-order valence-corrected chi connectivity index (χ0v) is 16.4. The number of hydrogen-bond acceptors (Lipinski definition) is 5. The maximum Gasteiger partial charge on any atom is 0.239 e. The maximum absolute atomic E-state index is 12.0. The number of rotatable bonds is 9. The molecule has 0 saturated carbocycles. The molecule has 2 heterocycles. The van der Waals surface area contributed by atoms with Crippen LogP contribution >= 0.6 is 23.7 Å². The van der Waals surface area contributed by atoms with Crippen molar-refractivity contribution < 1.29 is 9.59 Å². The van der Waals surface area contributed by atoms with Crippen molar-refractivity contribution in [3.8, 4) is 0 Å². The first-order chi connectivity index (χ1) is 12.2. The number of thioether (sulfide) groups is 1. The van der Waals surface area contributed by atoms with Crippen molar-refractivity contribution in [3.05, 3.63) is 24.3 Å². The molecule has 1 saturated heterocycles. The molecule has 0 radical (unpaired) electrons. The Morgan fingerprint density at radius 2 is 1.72 bits per heavy atom. The predicted molar refractivity (Wildman–Crippen MR) is 105 cm³/mol. The third-order valence-electron chi connectivity index (χ3n) is 4.61. The molecule has 1 aromatic carbocycles. The van der Waals surface area contributed by atoms with Crippen molar-refractivity contribution in [1.82, 2.24) is 4.31 Å². The van der Waals surface area contributed by atoms with E-state index in [2.05, 4.69) is 30.0 Å². The van der Waals surface area contributed by atoms with Crippen LogP contribution in [0.2, 0.25) is 0 Å². The first-order valence-electron chi connectivity index (χ1n) is 9.25. The number of amides is 2. The van der Waals surface area contributed by atoms with Gasteiger partial charge >= 0.3 is 0 Å². The average molecular weight is 379 g/mol. The number of hydrogen-bond donors (Lipinski definition) is 0. The summed E-state index contributed by atoms with van der Waals surface area (Å²) in [5.41, 5.74) is 1.23. The van der Waals surface area contributed by atoms with Gasteiger partial charge in [0.1, 0.15) is 4.71 Å². The molecule has 1 atom stereocenters. The average Bonchev–Trinajstić information content (AvgIpc) is 3.13. The predicted octanol–water partition coefficient (Wildman–Crippen LogP) is 5.04. The van der Waals surface area contributed by atoms with Gasteiger partial charge in [0.05, 0.1) is 5.69 Å². The molecule has 4 nitrogen and oxygen atoms in total. The zero-order chi connectivity index (χ0) is 17.6. The van der Waals surface area contributed by atoms with Crippen molar-refractivity contribution in [2.45, 2.75) is 67.9 Å². The quantitative estimate of drug-likeness (QED) is 0.342. The maximum atomic E-state index is 12.0.